The van der Waals surface area contributed by atoms with E-state index in [0.29, 0.717) is 18.3 Å². The van der Waals surface area contributed by atoms with E-state index in [2.05, 4.69) is 41.6 Å². The van der Waals surface area contributed by atoms with Crippen molar-refractivity contribution in [2.45, 2.75) is 32.9 Å². The Bertz CT molecular complexity index is 703. The van der Waals surface area contributed by atoms with Crippen molar-refractivity contribution in [1.29, 1.82) is 0 Å². The van der Waals surface area contributed by atoms with Gasteiger partial charge in [0, 0.05) is 41.4 Å². The molecule has 0 spiro atoms. The van der Waals surface area contributed by atoms with Crippen molar-refractivity contribution >= 4 is 41.3 Å². The number of guanidine groups is 1. The van der Waals surface area contributed by atoms with Crippen LogP contribution in [0.3, 0.4) is 0 Å². The zero-order valence-electron chi connectivity index (χ0n) is 15.0. The average Bonchev–Trinajstić information content (AvgIpc) is 2.97. The molecule has 5 nitrogen and oxygen atoms in total. The third-order valence-electron chi connectivity index (χ3n) is 3.64. The van der Waals surface area contributed by atoms with E-state index in [1.165, 1.54) is 9.75 Å². The second-order valence-electron chi connectivity index (χ2n) is 5.68. The van der Waals surface area contributed by atoms with E-state index >= 15 is 0 Å². The van der Waals surface area contributed by atoms with Crippen molar-refractivity contribution in [3.8, 4) is 11.5 Å². The van der Waals surface area contributed by atoms with E-state index in [4.69, 9.17) is 4.74 Å². The third-order valence-corrected chi connectivity index (χ3v) is 4.67. The summed E-state index contributed by atoms with van der Waals surface area (Å²) < 4.78 is 5.19. The van der Waals surface area contributed by atoms with Gasteiger partial charge in [0.1, 0.15) is 11.5 Å². The maximum Gasteiger partial charge on any atom is 0.191 e. The smallest absolute Gasteiger partial charge is 0.191 e. The predicted molar refractivity (Wildman–Crippen MR) is 116 cm³/mol. The van der Waals surface area contributed by atoms with Crippen LogP contribution in [-0.2, 0) is 13.0 Å². The van der Waals surface area contributed by atoms with Gasteiger partial charge in [-0.25, -0.2) is 0 Å². The predicted octanol–water partition coefficient (Wildman–Crippen LogP) is 3.68. The number of ether oxygens (including phenoxy) is 1. The van der Waals surface area contributed by atoms with Gasteiger partial charge < -0.3 is 20.5 Å². The normalized spacial score (nSPS) is 12.2. The maximum atomic E-state index is 9.94. The second kappa shape index (κ2) is 10.5. The molecule has 0 radical (unpaired) electrons. The van der Waals surface area contributed by atoms with Crippen molar-refractivity contribution < 1.29 is 9.84 Å². The molecule has 0 fully saturated rings. The van der Waals surface area contributed by atoms with Crippen molar-refractivity contribution in [3.63, 3.8) is 0 Å². The molecule has 138 valence electrons. The Morgan fingerprint density at radius 1 is 1.32 bits per heavy atom. The highest BCUT2D eigenvalue weighted by atomic mass is 127. The summed E-state index contributed by atoms with van der Waals surface area (Å²) in [6.07, 6.45) is 0.948. The molecule has 1 heterocycles. The van der Waals surface area contributed by atoms with Crippen LogP contribution < -0.4 is 15.4 Å². The molecule has 1 aromatic carbocycles. The lowest BCUT2D eigenvalue weighted by Crippen LogP contribution is -2.42. The van der Waals surface area contributed by atoms with E-state index in [0.717, 1.165) is 12.0 Å². The van der Waals surface area contributed by atoms with Crippen LogP contribution in [0.25, 0.3) is 0 Å². The summed E-state index contributed by atoms with van der Waals surface area (Å²) >= 11 is 1.82. The minimum absolute atomic E-state index is 0. The molecule has 1 unspecified atom stereocenters. The van der Waals surface area contributed by atoms with Gasteiger partial charge in [-0.2, -0.15) is 0 Å². The van der Waals surface area contributed by atoms with Crippen molar-refractivity contribution in [3.05, 3.63) is 45.6 Å². The number of rotatable bonds is 6. The number of hydrogen-bond donors (Lipinski definition) is 3. The van der Waals surface area contributed by atoms with E-state index < -0.39 is 0 Å². The van der Waals surface area contributed by atoms with Gasteiger partial charge >= 0.3 is 0 Å². The number of aromatic hydroxyl groups is 1. The fourth-order valence-electron chi connectivity index (χ4n) is 2.39. The molecule has 0 bridgehead atoms. The Hall–Kier alpha value is -1.48. The summed E-state index contributed by atoms with van der Waals surface area (Å²) in [5.41, 5.74) is 0.763. The first-order valence-electron chi connectivity index (χ1n) is 7.90. The van der Waals surface area contributed by atoms with Crippen LogP contribution in [-0.4, -0.2) is 31.3 Å². The number of thiophene rings is 1. The first-order chi connectivity index (χ1) is 11.5. The van der Waals surface area contributed by atoms with Crippen LogP contribution in [0.5, 0.6) is 11.5 Å². The zero-order chi connectivity index (χ0) is 17.5. The number of nitrogens with one attached hydrogen (secondary N) is 2. The fraction of sp³-hybridized carbons (Fsp3) is 0.389. The first-order valence-corrected chi connectivity index (χ1v) is 8.72. The minimum atomic E-state index is 0. The molecule has 0 aliphatic heterocycles. The van der Waals surface area contributed by atoms with Crippen LogP contribution in [0.15, 0.2) is 35.3 Å². The molecule has 1 aromatic heterocycles. The topological polar surface area (TPSA) is 65.9 Å². The molecule has 0 aliphatic rings. The Balaban J connectivity index is 0.00000312. The Morgan fingerprint density at radius 3 is 2.68 bits per heavy atom. The number of aryl methyl sites for hydroxylation is 1. The number of benzene rings is 1. The van der Waals surface area contributed by atoms with E-state index in [1.54, 1.807) is 26.3 Å². The lowest BCUT2D eigenvalue weighted by molar-refractivity contribution is 0.410. The van der Waals surface area contributed by atoms with Crippen molar-refractivity contribution in [2.24, 2.45) is 4.99 Å². The minimum Gasteiger partial charge on any atom is -0.508 e. The van der Waals surface area contributed by atoms with Crippen LogP contribution in [0.1, 0.15) is 22.2 Å². The average molecular weight is 475 g/mol. The standard InChI is InChI=1S/C18H25N3O2S.HI/c1-12(9-16-7-5-13(2)24-16)21-18(19-3)20-11-14-10-15(23-4)6-8-17(14)22;/h5-8,10,12,22H,9,11H2,1-4H3,(H2,19,20,21);1H. The summed E-state index contributed by atoms with van der Waals surface area (Å²) in [4.78, 5) is 6.93. The number of aliphatic imine (C=N–C) groups is 1. The molecule has 1 atom stereocenters. The lowest BCUT2D eigenvalue weighted by Gasteiger charge is -2.18. The molecule has 7 heteroatoms. The number of halogens is 1. The Kier molecular flexibility index (Phi) is 9.05. The second-order valence-corrected chi connectivity index (χ2v) is 7.05. The summed E-state index contributed by atoms with van der Waals surface area (Å²) in [6, 6.07) is 9.75. The van der Waals surface area contributed by atoms with Crippen LogP contribution in [0.2, 0.25) is 0 Å². The summed E-state index contributed by atoms with van der Waals surface area (Å²) in [7, 11) is 3.35. The fourth-order valence-corrected chi connectivity index (χ4v) is 3.40. The Labute approximate surface area is 170 Å². The van der Waals surface area contributed by atoms with Gasteiger partial charge in [-0.15, -0.1) is 35.3 Å². The first kappa shape index (κ1) is 21.6. The van der Waals surface area contributed by atoms with Gasteiger partial charge in [0.2, 0.25) is 0 Å². The monoisotopic (exact) mass is 475 g/mol. The number of hydrogen-bond acceptors (Lipinski definition) is 4. The highest BCUT2D eigenvalue weighted by Gasteiger charge is 2.09. The van der Waals surface area contributed by atoms with Crippen molar-refractivity contribution in [1.82, 2.24) is 10.6 Å². The molecule has 2 aromatic rings. The summed E-state index contributed by atoms with van der Waals surface area (Å²) in [6.45, 7) is 4.71. The van der Waals surface area contributed by atoms with E-state index in [-0.39, 0.29) is 35.8 Å². The third kappa shape index (κ3) is 6.74. The molecular weight excluding hydrogens is 449 g/mol. The molecule has 3 N–H and O–H groups in total. The van der Waals surface area contributed by atoms with Gasteiger partial charge in [0.15, 0.2) is 5.96 Å². The lowest BCUT2D eigenvalue weighted by atomic mass is 10.2. The maximum absolute atomic E-state index is 9.94. The number of phenolic OH excluding ortho intramolecular Hbond substituents is 1. The quantitative estimate of drug-likeness (QED) is 0.339. The van der Waals surface area contributed by atoms with E-state index in [9.17, 15) is 5.11 Å². The van der Waals surface area contributed by atoms with Gasteiger partial charge in [-0.1, -0.05) is 0 Å². The molecule has 0 saturated heterocycles. The van der Waals surface area contributed by atoms with Gasteiger partial charge in [0.05, 0.1) is 7.11 Å². The number of phenols is 1. The van der Waals surface area contributed by atoms with Gasteiger partial charge in [0.25, 0.3) is 0 Å². The summed E-state index contributed by atoms with van der Waals surface area (Å²) in [5.74, 6) is 1.66. The SMILES string of the molecule is CN=C(NCc1cc(OC)ccc1O)NC(C)Cc1ccc(C)s1.I. The largest absolute Gasteiger partial charge is 0.508 e. The van der Waals surface area contributed by atoms with Crippen molar-refractivity contribution in [2.75, 3.05) is 14.2 Å². The molecular formula is C18H26IN3O2S. The number of nitrogens with zero attached hydrogens (tertiary/aromatic N) is 1. The molecule has 0 aliphatic carbocycles. The zero-order valence-corrected chi connectivity index (χ0v) is 18.1. The molecule has 0 saturated carbocycles. The Morgan fingerprint density at radius 2 is 2.08 bits per heavy atom. The number of methoxy groups -OCH3 is 1. The van der Waals surface area contributed by atoms with Crippen LogP contribution in [0.4, 0.5) is 0 Å². The summed E-state index contributed by atoms with van der Waals surface area (Å²) in [5, 5.41) is 16.5. The highest BCUT2D eigenvalue weighted by molar-refractivity contribution is 14.0. The molecule has 25 heavy (non-hydrogen) atoms. The molecule has 2 rings (SSSR count). The highest BCUT2D eigenvalue weighted by Crippen LogP contribution is 2.22. The van der Waals surface area contributed by atoms with Crippen LogP contribution >= 0.6 is 35.3 Å². The van der Waals surface area contributed by atoms with Gasteiger partial charge in [-0.05, 0) is 44.2 Å². The van der Waals surface area contributed by atoms with Gasteiger partial charge in [-0.3, -0.25) is 4.99 Å². The van der Waals surface area contributed by atoms with Crippen LogP contribution in [0, 0.1) is 6.92 Å². The molecule has 0 amide bonds. The van der Waals surface area contributed by atoms with E-state index in [1.807, 2.05) is 17.4 Å².